The summed E-state index contributed by atoms with van der Waals surface area (Å²) in [5, 5.41) is 5.23. The number of urea groups is 1. The molecule has 7 heteroatoms. The number of hydrogen-bond acceptors (Lipinski definition) is 4. The largest absolute Gasteiger partial charge is 0.472 e. The van der Waals surface area contributed by atoms with Gasteiger partial charge in [-0.3, -0.25) is 4.79 Å². The average molecular weight is 373 g/mol. The van der Waals surface area contributed by atoms with E-state index in [2.05, 4.69) is 11.4 Å². The van der Waals surface area contributed by atoms with Crippen LogP contribution in [-0.4, -0.2) is 46.9 Å². The number of carbonyl (C=O) groups excluding carboxylic acids is 2. The first-order valence-corrected chi connectivity index (χ1v) is 9.99. The number of likely N-dealkylation sites (tertiary alicyclic amines) is 1. The van der Waals surface area contributed by atoms with Gasteiger partial charge in [0.1, 0.15) is 6.26 Å². The number of piperidine rings is 1. The Bertz CT molecular complexity index is 732. The van der Waals surface area contributed by atoms with Gasteiger partial charge in [-0.2, -0.15) is 0 Å². The highest BCUT2D eigenvalue weighted by Crippen LogP contribution is 2.29. The fourth-order valence-electron chi connectivity index (χ4n) is 3.38. The monoisotopic (exact) mass is 373 g/mol. The molecule has 26 heavy (non-hydrogen) atoms. The summed E-state index contributed by atoms with van der Waals surface area (Å²) in [5.41, 5.74) is 0.586. The van der Waals surface area contributed by atoms with E-state index in [1.807, 2.05) is 21.2 Å². The molecule has 1 saturated carbocycles. The molecular formula is C19H23N3O3S. The Morgan fingerprint density at radius 1 is 1.23 bits per heavy atom. The smallest absolute Gasteiger partial charge is 0.318 e. The van der Waals surface area contributed by atoms with E-state index in [0.29, 0.717) is 31.2 Å². The van der Waals surface area contributed by atoms with Crippen LogP contribution in [0.3, 0.4) is 0 Å². The lowest BCUT2D eigenvalue weighted by Crippen LogP contribution is -2.50. The van der Waals surface area contributed by atoms with Gasteiger partial charge in [-0.05, 0) is 43.2 Å². The van der Waals surface area contributed by atoms with Crippen LogP contribution >= 0.6 is 11.3 Å². The zero-order chi connectivity index (χ0) is 17.9. The Hall–Kier alpha value is -2.28. The highest BCUT2D eigenvalue weighted by atomic mass is 32.1. The van der Waals surface area contributed by atoms with Gasteiger partial charge in [0.15, 0.2) is 0 Å². The van der Waals surface area contributed by atoms with Crippen LogP contribution in [0.1, 0.15) is 40.9 Å². The van der Waals surface area contributed by atoms with Gasteiger partial charge in [-0.25, -0.2) is 4.79 Å². The molecule has 1 aliphatic carbocycles. The number of hydrogen-bond donors (Lipinski definition) is 1. The second-order valence-electron chi connectivity index (χ2n) is 6.97. The fraction of sp³-hybridized carbons (Fsp3) is 0.474. The molecule has 1 N–H and O–H groups in total. The van der Waals surface area contributed by atoms with Crippen molar-refractivity contribution in [2.45, 2.75) is 44.3 Å². The van der Waals surface area contributed by atoms with E-state index in [1.54, 1.807) is 17.4 Å². The van der Waals surface area contributed by atoms with Crippen molar-refractivity contribution >= 4 is 23.3 Å². The van der Waals surface area contributed by atoms with E-state index in [1.165, 1.54) is 17.4 Å². The Balaban J connectivity index is 1.29. The maximum Gasteiger partial charge on any atom is 0.318 e. The Morgan fingerprint density at radius 2 is 2.04 bits per heavy atom. The molecule has 138 valence electrons. The summed E-state index contributed by atoms with van der Waals surface area (Å²) in [4.78, 5) is 30.1. The van der Waals surface area contributed by atoms with Crippen LogP contribution in [0.15, 0.2) is 40.5 Å². The van der Waals surface area contributed by atoms with Crippen LogP contribution in [0, 0.1) is 0 Å². The molecule has 0 aromatic carbocycles. The molecule has 0 spiro atoms. The summed E-state index contributed by atoms with van der Waals surface area (Å²) in [7, 11) is 0. The second kappa shape index (κ2) is 7.53. The minimum atomic E-state index is 0.000767. The first-order chi connectivity index (χ1) is 12.7. The summed E-state index contributed by atoms with van der Waals surface area (Å²) in [6, 6.07) is 6.32. The second-order valence-corrected chi connectivity index (χ2v) is 8.00. The Kier molecular flexibility index (Phi) is 4.97. The number of rotatable bonds is 5. The zero-order valence-corrected chi connectivity index (χ0v) is 15.4. The average Bonchev–Trinajstić information content (AvgIpc) is 3.13. The number of furan rings is 1. The number of carbonyl (C=O) groups is 2. The predicted octanol–water partition coefficient (Wildman–Crippen LogP) is 3.32. The van der Waals surface area contributed by atoms with E-state index in [4.69, 9.17) is 4.42 Å². The van der Waals surface area contributed by atoms with Crippen molar-refractivity contribution in [2.24, 2.45) is 0 Å². The quantitative estimate of drug-likeness (QED) is 0.874. The van der Waals surface area contributed by atoms with Gasteiger partial charge in [0.05, 0.1) is 18.4 Å². The van der Waals surface area contributed by atoms with Gasteiger partial charge >= 0.3 is 6.03 Å². The summed E-state index contributed by atoms with van der Waals surface area (Å²) >= 11 is 1.69. The highest BCUT2D eigenvalue weighted by molar-refractivity contribution is 7.09. The van der Waals surface area contributed by atoms with Gasteiger partial charge in [-0.1, -0.05) is 6.07 Å². The standard InChI is InChI=1S/C19H23N3O3S/c23-18(14-7-10-25-13-14)21-8-5-15(6-9-21)20-19(24)22(16-3-4-16)12-17-2-1-11-26-17/h1-2,7,10-11,13,15-16H,3-6,8-9,12H2,(H,20,24). The number of thiophene rings is 1. The van der Waals surface area contributed by atoms with E-state index in [9.17, 15) is 9.59 Å². The van der Waals surface area contributed by atoms with Crippen LogP contribution in [0.5, 0.6) is 0 Å². The normalized spacial score (nSPS) is 17.9. The van der Waals surface area contributed by atoms with E-state index < -0.39 is 0 Å². The molecule has 0 atom stereocenters. The van der Waals surface area contributed by atoms with Crippen LogP contribution in [0.4, 0.5) is 4.79 Å². The lowest BCUT2D eigenvalue weighted by atomic mass is 10.0. The van der Waals surface area contributed by atoms with E-state index in [-0.39, 0.29) is 18.0 Å². The molecule has 1 saturated heterocycles. The van der Waals surface area contributed by atoms with Crippen LogP contribution in [0.25, 0.3) is 0 Å². The van der Waals surface area contributed by atoms with Gasteiger partial charge in [0.25, 0.3) is 5.91 Å². The number of nitrogens with one attached hydrogen (secondary N) is 1. The van der Waals surface area contributed by atoms with Crippen molar-refractivity contribution < 1.29 is 14.0 Å². The molecule has 6 nitrogen and oxygen atoms in total. The zero-order valence-electron chi connectivity index (χ0n) is 14.6. The molecule has 3 heterocycles. The third-order valence-electron chi connectivity index (χ3n) is 5.03. The predicted molar refractivity (Wildman–Crippen MR) is 99.0 cm³/mol. The summed E-state index contributed by atoms with van der Waals surface area (Å²) in [5.74, 6) is 0.000767. The first kappa shape index (κ1) is 17.1. The van der Waals surface area contributed by atoms with Crippen molar-refractivity contribution in [3.05, 3.63) is 46.5 Å². The fourth-order valence-corrected chi connectivity index (χ4v) is 4.08. The van der Waals surface area contributed by atoms with Crippen LogP contribution < -0.4 is 5.32 Å². The van der Waals surface area contributed by atoms with Gasteiger partial charge in [0, 0.05) is 30.1 Å². The third kappa shape index (κ3) is 3.93. The molecule has 3 amide bonds. The van der Waals surface area contributed by atoms with Crippen molar-refractivity contribution in [1.29, 1.82) is 0 Å². The molecule has 4 rings (SSSR count). The van der Waals surface area contributed by atoms with Gasteiger partial charge in [-0.15, -0.1) is 11.3 Å². The van der Waals surface area contributed by atoms with Crippen LogP contribution in [0.2, 0.25) is 0 Å². The molecule has 1 aliphatic heterocycles. The molecular weight excluding hydrogens is 350 g/mol. The van der Waals surface area contributed by atoms with E-state index in [0.717, 1.165) is 25.7 Å². The third-order valence-corrected chi connectivity index (χ3v) is 5.89. The minimum Gasteiger partial charge on any atom is -0.472 e. The molecule has 2 aromatic heterocycles. The number of amides is 3. The maximum absolute atomic E-state index is 12.7. The Labute approximate surface area is 156 Å². The summed E-state index contributed by atoms with van der Waals surface area (Å²) < 4.78 is 4.99. The first-order valence-electron chi connectivity index (χ1n) is 9.11. The molecule has 0 unspecified atom stereocenters. The van der Waals surface area contributed by atoms with E-state index >= 15 is 0 Å². The minimum absolute atomic E-state index is 0.000767. The summed E-state index contributed by atoms with van der Waals surface area (Å²) in [6.45, 7) is 2.00. The SMILES string of the molecule is O=C(c1ccoc1)N1CCC(NC(=O)N(Cc2cccs2)C2CC2)CC1. The van der Waals surface area contributed by atoms with Crippen molar-refractivity contribution in [3.63, 3.8) is 0 Å². The maximum atomic E-state index is 12.7. The van der Waals surface area contributed by atoms with Crippen molar-refractivity contribution in [1.82, 2.24) is 15.1 Å². The Morgan fingerprint density at radius 3 is 2.65 bits per heavy atom. The molecule has 2 aromatic rings. The highest BCUT2D eigenvalue weighted by Gasteiger charge is 2.34. The molecule has 2 fully saturated rings. The molecule has 2 aliphatic rings. The van der Waals surface area contributed by atoms with Crippen molar-refractivity contribution in [3.8, 4) is 0 Å². The topological polar surface area (TPSA) is 65.8 Å². The number of nitrogens with zero attached hydrogens (tertiary/aromatic N) is 2. The van der Waals surface area contributed by atoms with Gasteiger partial charge < -0.3 is 19.5 Å². The van der Waals surface area contributed by atoms with Crippen molar-refractivity contribution in [2.75, 3.05) is 13.1 Å². The molecule has 0 bridgehead atoms. The lowest BCUT2D eigenvalue weighted by molar-refractivity contribution is 0.0705. The van der Waals surface area contributed by atoms with Gasteiger partial charge in [0.2, 0.25) is 0 Å². The molecule has 0 radical (unpaired) electrons. The van der Waals surface area contributed by atoms with Crippen LogP contribution in [-0.2, 0) is 6.54 Å². The summed E-state index contributed by atoms with van der Waals surface area (Å²) in [6.07, 6.45) is 6.75. The lowest BCUT2D eigenvalue weighted by Gasteiger charge is -2.33.